The zero-order valence-corrected chi connectivity index (χ0v) is 18.7. The van der Waals surface area contributed by atoms with Crippen LogP contribution in [0.5, 0.6) is 5.75 Å². The molecule has 0 N–H and O–H groups in total. The van der Waals surface area contributed by atoms with Crippen LogP contribution in [0.2, 0.25) is 0 Å². The van der Waals surface area contributed by atoms with Gasteiger partial charge in [-0.25, -0.2) is 8.42 Å². The standard InChI is InChI=1S/C21H13F5O4S3/c22-20(23,24)19(21(25,26)33(27,28)29)30-13-6-5-7-14(12-13)32-17-10-3-1-8-15(17)31-16-9-2-4-11-18(16)32/h1-12,19H. The Morgan fingerprint density at radius 2 is 1.39 bits per heavy atom. The van der Waals surface area contributed by atoms with Crippen LogP contribution in [0.3, 0.4) is 0 Å². The highest BCUT2D eigenvalue weighted by Crippen LogP contribution is 2.48. The van der Waals surface area contributed by atoms with Crippen LogP contribution in [-0.4, -0.2) is 30.5 Å². The lowest BCUT2D eigenvalue weighted by molar-refractivity contribution is -0.239. The van der Waals surface area contributed by atoms with E-state index in [2.05, 4.69) is 4.74 Å². The van der Waals surface area contributed by atoms with Gasteiger partial charge in [-0.2, -0.15) is 22.0 Å². The van der Waals surface area contributed by atoms with Gasteiger partial charge in [-0.05, 0) is 36.4 Å². The van der Waals surface area contributed by atoms with Crippen LogP contribution in [-0.2, 0) is 21.0 Å². The van der Waals surface area contributed by atoms with Gasteiger partial charge in [0.05, 0.1) is 9.79 Å². The normalized spacial score (nSPS) is 15.5. The highest BCUT2D eigenvalue weighted by atomic mass is 32.2. The van der Waals surface area contributed by atoms with Crippen molar-refractivity contribution in [2.24, 2.45) is 0 Å². The fourth-order valence-corrected chi connectivity index (χ4v) is 7.39. The van der Waals surface area contributed by atoms with Crippen molar-refractivity contribution < 1.29 is 39.7 Å². The van der Waals surface area contributed by atoms with Gasteiger partial charge in [-0.1, -0.05) is 42.1 Å². The molecule has 0 saturated carbocycles. The van der Waals surface area contributed by atoms with Crippen molar-refractivity contribution >= 4 is 32.8 Å². The van der Waals surface area contributed by atoms with E-state index >= 15 is 0 Å². The Morgan fingerprint density at radius 3 is 1.91 bits per heavy atom. The maximum atomic E-state index is 13.9. The van der Waals surface area contributed by atoms with Gasteiger partial charge in [0.15, 0.2) is 24.8 Å². The topological polar surface area (TPSA) is 66.4 Å². The van der Waals surface area contributed by atoms with Gasteiger partial charge < -0.3 is 9.29 Å². The largest absolute Gasteiger partial charge is 0.743 e. The van der Waals surface area contributed by atoms with Gasteiger partial charge in [0.1, 0.15) is 16.6 Å². The quantitative estimate of drug-likeness (QED) is 0.192. The summed E-state index contributed by atoms with van der Waals surface area (Å²) in [5, 5.41) is -5.72. The fraction of sp³-hybridized carbons (Fsp3) is 0.143. The van der Waals surface area contributed by atoms with Crippen LogP contribution < -0.4 is 4.74 Å². The number of halogens is 5. The van der Waals surface area contributed by atoms with Gasteiger partial charge in [0.2, 0.25) is 0 Å². The maximum Gasteiger partial charge on any atom is 0.432 e. The van der Waals surface area contributed by atoms with Crippen molar-refractivity contribution in [3.8, 4) is 5.75 Å². The molecule has 12 heteroatoms. The number of hydrogen-bond donors (Lipinski definition) is 0. The first kappa shape index (κ1) is 23.9. The average Bonchev–Trinajstić information content (AvgIpc) is 2.74. The van der Waals surface area contributed by atoms with E-state index in [4.69, 9.17) is 0 Å². The molecular weight excluding hydrogens is 507 g/mol. The Balaban J connectivity index is 1.78. The van der Waals surface area contributed by atoms with Crippen LogP contribution in [0.1, 0.15) is 0 Å². The van der Waals surface area contributed by atoms with E-state index in [1.54, 1.807) is 6.07 Å². The molecule has 0 aromatic heterocycles. The predicted molar refractivity (Wildman–Crippen MR) is 111 cm³/mol. The smallest absolute Gasteiger partial charge is 0.432 e. The van der Waals surface area contributed by atoms with Gasteiger partial charge in [-0.3, -0.25) is 0 Å². The van der Waals surface area contributed by atoms with Crippen molar-refractivity contribution in [1.29, 1.82) is 0 Å². The second-order valence-corrected chi connectivity index (χ2v) is 11.3. The Labute approximate surface area is 192 Å². The summed E-state index contributed by atoms with van der Waals surface area (Å²) in [6, 6.07) is 19.9. The highest BCUT2D eigenvalue weighted by molar-refractivity contribution is 8.04. The molecule has 4 rings (SSSR count). The molecule has 0 fully saturated rings. The molecule has 0 saturated heterocycles. The minimum Gasteiger partial charge on any atom is -0.743 e. The molecule has 1 heterocycles. The van der Waals surface area contributed by atoms with Crippen molar-refractivity contribution in [3.63, 3.8) is 0 Å². The second kappa shape index (κ2) is 8.49. The van der Waals surface area contributed by atoms with Gasteiger partial charge >= 0.3 is 11.4 Å². The predicted octanol–water partition coefficient (Wildman–Crippen LogP) is 5.69. The summed E-state index contributed by atoms with van der Waals surface area (Å²) < 4.78 is 104. The average molecular weight is 521 g/mol. The van der Waals surface area contributed by atoms with Crippen LogP contribution in [0, 0.1) is 0 Å². The third kappa shape index (κ3) is 4.57. The van der Waals surface area contributed by atoms with Crippen molar-refractivity contribution in [2.45, 2.75) is 42.0 Å². The van der Waals surface area contributed by atoms with Crippen molar-refractivity contribution in [3.05, 3.63) is 72.8 Å². The summed E-state index contributed by atoms with van der Waals surface area (Å²) in [4.78, 5) is 4.12. The molecule has 1 atom stereocenters. The molecule has 1 aliphatic rings. The maximum absolute atomic E-state index is 13.9. The summed E-state index contributed by atoms with van der Waals surface area (Å²) in [6.45, 7) is 0. The Bertz CT molecular complexity index is 1250. The Hall–Kier alpha value is -2.28. The summed E-state index contributed by atoms with van der Waals surface area (Å²) in [6.07, 6.45) is -9.98. The first-order valence-corrected chi connectivity index (χ1v) is 12.6. The molecule has 1 unspecified atom stereocenters. The van der Waals surface area contributed by atoms with Crippen LogP contribution in [0.25, 0.3) is 0 Å². The number of alkyl halides is 5. The van der Waals surface area contributed by atoms with E-state index in [0.29, 0.717) is 4.90 Å². The van der Waals surface area contributed by atoms with Crippen LogP contribution in [0.4, 0.5) is 22.0 Å². The van der Waals surface area contributed by atoms with E-state index in [1.165, 1.54) is 17.8 Å². The van der Waals surface area contributed by atoms with Crippen molar-refractivity contribution in [2.75, 3.05) is 0 Å². The molecule has 4 nitrogen and oxygen atoms in total. The first-order valence-electron chi connectivity index (χ1n) is 9.16. The molecule has 3 aromatic rings. The molecule has 0 radical (unpaired) electrons. The zero-order valence-electron chi connectivity index (χ0n) is 16.3. The Kier molecular flexibility index (Phi) is 6.14. The van der Waals surface area contributed by atoms with E-state index in [9.17, 15) is 34.9 Å². The van der Waals surface area contributed by atoms with Crippen LogP contribution in [0.15, 0.2) is 97.3 Å². The molecule has 0 amide bonds. The molecule has 33 heavy (non-hydrogen) atoms. The molecule has 0 spiro atoms. The SMILES string of the molecule is O=S(=O)([O-])C(F)(F)C(Oc1cccc([S+]2c3ccccc3Sc3ccccc32)c1)C(F)(F)F. The lowest BCUT2D eigenvalue weighted by Crippen LogP contribution is -2.53. The number of ether oxygens (including phenoxy) is 1. The van der Waals surface area contributed by atoms with Gasteiger partial charge in [-0.15, -0.1) is 0 Å². The second-order valence-electron chi connectivity index (χ2n) is 6.83. The number of fused-ring (bicyclic) bond motifs is 2. The van der Waals surface area contributed by atoms with Gasteiger partial charge in [0, 0.05) is 6.07 Å². The van der Waals surface area contributed by atoms with E-state index in [1.807, 2.05) is 48.5 Å². The molecule has 3 aromatic carbocycles. The summed E-state index contributed by atoms with van der Waals surface area (Å²) in [7, 11) is -7.44. The Morgan fingerprint density at radius 1 is 0.848 bits per heavy atom. The summed E-state index contributed by atoms with van der Waals surface area (Å²) in [5.74, 6) is -0.640. The molecule has 0 aliphatic carbocycles. The lowest BCUT2D eigenvalue weighted by Gasteiger charge is -2.30. The number of rotatable bonds is 5. The van der Waals surface area contributed by atoms with Crippen molar-refractivity contribution in [1.82, 2.24) is 0 Å². The molecule has 1 aliphatic heterocycles. The van der Waals surface area contributed by atoms with Crippen LogP contribution >= 0.6 is 11.8 Å². The van der Waals surface area contributed by atoms with Gasteiger partial charge in [0.25, 0.3) is 6.10 Å². The third-order valence-electron chi connectivity index (χ3n) is 4.59. The highest BCUT2D eigenvalue weighted by Gasteiger charge is 2.62. The van der Waals surface area contributed by atoms with E-state index in [-0.39, 0.29) is 0 Å². The third-order valence-corrected chi connectivity index (χ3v) is 9.20. The first-order chi connectivity index (χ1) is 15.4. The minimum atomic E-state index is -6.64. The molecule has 0 bridgehead atoms. The van der Waals surface area contributed by atoms with E-state index < -0.39 is 44.3 Å². The monoisotopic (exact) mass is 520 g/mol. The lowest BCUT2D eigenvalue weighted by atomic mass is 10.3. The number of hydrogen-bond acceptors (Lipinski definition) is 5. The summed E-state index contributed by atoms with van der Waals surface area (Å²) in [5.41, 5.74) is 0. The fourth-order valence-electron chi connectivity index (χ4n) is 3.16. The minimum absolute atomic E-state index is 0.474. The summed E-state index contributed by atoms with van der Waals surface area (Å²) >= 11 is 1.53. The molecule has 174 valence electrons. The zero-order chi connectivity index (χ0) is 24.0. The number of benzene rings is 3. The molecular formula is C21H13F5O4S3. The van der Waals surface area contributed by atoms with E-state index in [0.717, 1.165) is 31.7 Å².